The summed E-state index contributed by atoms with van der Waals surface area (Å²) in [5.41, 5.74) is 0.961. The van der Waals surface area contributed by atoms with E-state index >= 15 is 0 Å². The molecule has 1 N–H and O–H groups in total. The number of halogens is 4. The molecule has 0 amide bonds. The SMILES string of the molecule is Cl.FC(F)(F)Oc1cccc([C@@H]2[C@@H]3CNC[C@@H]32)c1. The van der Waals surface area contributed by atoms with Gasteiger partial charge in [-0.05, 0) is 48.5 Å². The van der Waals surface area contributed by atoms with Crippen molar-refractivity contribution in [3.05, 3.63) is 29.8 Å². The Kier molecular flexibility index (Phi) is 3.47. The van der Waals surface area contributed by atoms with Crippen LogP contribution in [0.15, 0.2) is 24.3 Å². The van der Waals surface area contributed by atoms with Crippen LogP contribution >= 0.6 is 12.4 Å². The van der Waals surface area contributed by atoms with E-state index in [1.807, 2.05) is 6.07 Å². The predicted molar refractivity (Wildman–Crippen MR) is 63.0 cm³/mol. The average molecular weight is 280 g/mol. The third-order valence-electron chi connectivity index (χ3n) is 3.57. The molecule has 1 aliphatic carbocycles. The molecule has 2 fully saturated rings. The van der Waals surface area contributed by atoms with Gasteiger partial charge in [0.05, 0.1) is 0 Å². The van der Waals surface area contributed by atoms with Crippen molar-refractivity contribution in [1.82, 2.24) is 5.32 Å². The Morgan fingerprint density at radius 3 is 2.44 bits per heavy atom. The molecule has 18 heavy (non-hydrogen) atoms. The highest BCUT2D eigenvalue weighted by molar-refractivity contribution is 5.85. The Labute approximate surface area is 109 Å². The highest BCUT2D eigenvalue weighted by atomic mass is 35.5. The molecule has 1 saturated heterocycles. The first-order valence-electron chi connectivity index (χ1n) is 5.61. The predicted octanol–water partition coefficient (Wildman–Crippen LogP) is 2.94. The fourth-order valence-electron chi connectivity index (χ4n) is 2.83. The molecule has 1 aromatic rings. The Morgan fingerprint density at radius 2 is 1.83 bits per heavy atom. The van der Waals surface area contributed by atoms with Crippen molar-refractivity contribution in [3.63, 3.8) is 0 Å². The van der Waals surface area contributed by atoms with Crippen LogP contribution < -0.4 is 10.1 Å². The van der Waals surface area contributed by atoms with Crippen LogP contribution in [-0.2, 0) is 0 Å². The number of hydrogen-bond donors (Lipinski definition) is 1. The van der Waals surface area contributed by atoms with E-state index in [0.29, 0.717) is 17.8 Å². The second-order valence-electron chi connectivity index (χ2n) is 4.63. The minimum Gasteiger partial charge on any atom is -0.406 e. The molecule has 1 saturated carbocycles. The van der Waals surface area contributed by atoms with Gasteiger partial charge >= 0.3 is 6.36 Å². The number of hydrogen-bond acceptors (Lipinski definition) is 2. The maximum Gasteiger partial charge on any atom is 0.573 e. The number of nitrogens with one attached hydrogen (secondary N) is 1. The van der Waals surface area contributed by atoms with Gasteiger partial charge < -0.3 is 10.1 Å². The van der Waals surface area contributed by atoms with E-state index < -0.39 is 6.36 Å². The summed E-state index contributed by atoms with van der Waals surface area (Å²) < 4.78 is 40.2. The number of benzene rings is 1. The molecule has 1 aromatic carbocycles. The number of piperidine rings is 1. The molecule has 0 radical (unpaired) electrons. The number of rotatable bonds is 2. The van der Waals surface area contributed by atoms with Crippen LogP contribution in [0.1, 0.15) is 11.5 Å². The number of fused-ring (bicyclic) bond motifs is 1. The van der Waals surface area contributed by atoms with Crippen molar-refractivity contribution in [1.29, 1.82) is 0 Å². The zero-order valence-electron chi connectivity index (χ0n) is 9.41. The summed E-state index contributed by atoms with van der Waals surface area (Å²) in [7, 11) is 0. The minimum absolute atomic E-state index is 0. The van der Waals surface area contributed by atoms with E-state index in [1.54, 1.807) is 6.07 Å². The van der Waals surface area contributed by atoms with Crippen LogP contribution in [0.4, 0.5) is 13.2 Å². The Hall–Kier alpha value is -0.940. The molecule has 3 atom stereocenters. The van der Waals surface area contributed by atoms with Gasteiger partial charge in [0, 0.05) is 0 Å². The topological polar surface area (TPSA) is 21.3 Å². The molecule has 2 aliphatic rings. The third kappa shape index (κ3) is 2.57. The highest BCUT2D eigenvalue weighted by Crippen LogP contribution is 2.56. The van der Waals surface area contributed by atoms with E-state index in [0.717, 1.165) is 18.7 Å². The molecule has 3 rings (SSSR count). The number of alkyl halides is 3. The molecule has 0 unspecified atom stereocenters. The molecule has 0 aromatic heterocycles. The molecular weight excluding hydrogens is 267 g/mol. The summed E-state index contributed by atoms with van der Waals surface area (Å²) >= 11 is 0. The molecule has 0 spiro atoms. The van der Waals surface area contributed by atoms with Gasteiger partial charge in [-0.15, -0.1) is 25.6 Å². The van der Waals surface area contributed by atoms with Crippen LogP contribution in [0.25, 0.3) is 0 Å². The molecule has 2 nitrogen and oxygen atoms in total. The van der Waals surface area contributed by atoms with Gasteiger partial charge in [0.1, 0.15) is 5.75 Å². The van der Waals surface area contributed by atoms with Gasteiger partial charge in [-0.1, -0.05) is 12.1 Å². The number of ether oxygens (including phenoxy) is 1. The monoisotopic (exact) mass is 279 g/mol. The van der Waals surface area contributed by atoms with E-state index in [9.17, 15) is 13.2 Å². The molecule has 0 bridgehead atoms. The zero-order valence-corrected chi connectivity index (χ0v) is 10.2. The third-order valence-corrected chi connectivity index (χ3v) is 3.57. The summed E-state index contributed by atoms with van der Waals surface area (Å²) in [6.07, 6.45) is -4.61. The molecular formula is C12H13ClF3NO. The first kappa shape index (κ1) is 13.5. The van der Waals surface area contributed by atoms with Crippen LogP contribution in [0, 0.1) is 11.8 Å². The molecule has 100 valence electrons. The van der Waals surface area contributed by atoms with E-state index in [2.05, 4.69) is 10.1 Å². The maximum atomic E-state index is 12.1. The Morgan fingerprint density at radius 1 is 1.17 bits per heavy atom. The normalized spacial score (nSPS) is 29.4. The summed E-state index contributed by atoms with van der Waals surface area (Å²) in [4.78, 5) is 0. The summed E-state index contributed by atoms with van der Waals surface area (Å²) in [5.74, 6) is 1.48. The fourth-order valence-corrected chi connectivity index (χ4v) is 2.83. The van der Waals surface area contributed by atoms with Crippen LogP contribution in [0.2, 0.25) is 0 Å². The largest absolute Gasteiger partial charge is 0.573 e. The first-order valence-corrected chi connectivity index (χ1v) is 5.61. The minimum atomic E-state index is -4.61. The van der Waals surface area contributed by atoms with E-state index in [1.165, 1.54) is 12.1 Å². The second kappa shape index (κ2) is 4.63. The van der Waals surface area contributed by atoms with E-state index in [-0.39, 0.29) is 18.2 Å². The van der Waals surface area contributed by atoms with Crippen molar-refractivity contribution in [2.75, 3.05) is 13.1 Å². The maximum absolute atomic E-state index is 12.1. The van der Waals surface area contributed by atoms with E-state index in [4.69, 9.17) is 0 Å². The van der Waals surface area contributed by atoms with Gasteiger partial charge in [-0.25, -0.2) is 0 Å². The summed E-state index contributed by atoms with van der Waals surface area (Å²) in [6.45, 7) is 1.94. The average Bonchev–Trinajstić information content (AvgIpc) is 2.70. The lowest BCUT2D eigenvalue weighted by atomic mass is 10.1. The molecule has 1 heterocycles. The van der Waals surface area contributed by atoms with Crippen molar-refractivity contribution in [2.24, 2.45) is 11.8 Å². The quantitative estimate of drug-likeness (QED) is 0.899. The Bertz CT molecular complexity index is 428. The lowest BCUT2D eigenvalue weighted by Crippen LogP contribution is -2.17. The summed E-state index contributed by atoms with van der Waals surface area (Å²) in [6, 6.07) is 6.36. The zero-order chi connectivity index (χ0) is 12.0. The smallest absolute Gasteiger partial charge is 0.406 e. The van der Waals surface area contributed by atoms with Crippen molar-refractivity contribution < 1.29 is 17.9 Å². The lowest BCUT2D eigenvalue weighted by Gasteiger charge is -2.10. The molecule has 6 heteroatoms. The van der Waals surface area contributed by atoms with Gasteiger partial charge in [0.2, 0.25) is 0 Å². The van der Waals surface area contributed by atoms with Crippen LogP contribution in [0.3, 0.4) is 0 Å². The van der Waals surface area contributed by atoms with Crippen molar-refractivity contribution in [2.45, 2.75) is 12.3 Å². The van der Waals surface area contributed by atoms with Crippen LogP contribution in [0.5, 0.6) is 5.75 Å². The van der Waals surface area contributed by atoms with Crippen molar-refractivity contribution in [3.8, 4) is 5.75 Å². The Balaban J connectivity index is 0.00000120. The van der Waals surface area contributed by atoms with Gasteiger partial charge in [0.15, 0.2) is 0 Å². The van der Waals surface area contributed by atoms with Gasteiger partial charge in [-0.3, -0.25) is 0 Å². The van der Waals surface area contributed by atoms with Crippen molar-refractivity contribution >= 4 is 12.4 Å². The van der Waals surface area contributed by atoms with Gasteiger partial charge in [0.25, 0.3) is 0 Å². The fraction of sp³-hybridized carbons (Fsp3) is 0.500. The standard InChI is InChI=1S/C12H12F3NO.ClH/c13-12(14,15)17-8-3-1-2-7(4-8)11-9-5-16-6-10(9)11;/h1-4,9-11,16H,5-6H2;1H/t9-,10+,11-;. The van der Waals surface area contributed by atoms with Gasteiger partial charge in [-0.2, -0.15) is 0 Å². The summed E-state index contributed by atoms with van der Waals surface area (Å²) in [5, 5.41) is 3.26. The second-order valence-corrected chi connectivity index (χ2v) is 4.63. The lowest BCUT2D eigenvalue weighted by molar-refractivity contribution is -0.274. The molecule has 1 aliphatic heterocycles. The highest BCUT2D eigenvalue weighted by Gasteiger charge is 2.53. The van der Waals surface area contributed by atoms with Crippen LogP contribution in [-0.4, -0.2) is 19.5 Å². The first-order chi connectivity index (χ1) is 8.04.